The molecule has 0 bridgehead atoms. The van der Waals surface area contributed by atoms with Crippen LogP contribution in [0.25, 0.3) is 5.69 Å². The van der Waals surface area contributed by atoms with Gasteiger partial charge in [-0.15, -0.1) is 0 Å². The van der Waals surface area contributed by atoms with E-state index in [0.717, 1.165) is 18.5 Å². The molecule has 1 aliphatic rings. The number of hydrogen-bond acceptors (Lipinski definition) is 2. The third-order valence-corrected chi connectivity index (χ3v) is 5.38. The lowest BCUT2D eigenvalue weighted by Crippen LogP contribution is -2.39. The van der Waals surface area contributed by atoms with E-state index in [1.54, 1.807) is 10.7 Å². The summed E-state index contributed by atoms with van der Waals surface area (Å²) in [6.45, 7) is 0.661. The van der Waals surface area contributed by atoms with Crippen LogP contribution in [0.4, 0.5) is 0 Å². The van der Waals surface area contributed by atoms with Crippen molar-refractivity contribution in [3.8, 4) is 5.69 Å². The second kappa shape index (κ2) is 7.16. The van der Waals surface area contributed by atoms with Crippen LogP contribution in [0.3, 0.4) is 0 Å². The predicted octanol–water partition coefficient (Wildman–Crippen LogP) is 4.11. The predicted molar refractivity (Wildman–Crippen MR) is 102 cm³/mol. The zero-order chi connectivity index (χ0) is 17.8. The highest BCUT2D eigenvalue weighted by molar-refractivity contribution is 5.92. The molecule has 1 aromatic heterocycles. The Morgan fingerprint density at radius 2 is 1.62 bits per heavy atom. The van der Waals surface area contributed by atoms with Crippen molar-refractivity contribution in [3.63, 3.8) is 0 Å². The van der Waals surface area contributed by atoms with Crippen LogP contribution in [0.1, 0.15) is 41.7 Å². The number of carbonyl (C=O) groups excluding carboxylic acids is 1. The molecule has 1 aliphatic carbocycles. The molecule has 132 valence electrons. The molecule has 0 saturated heterocycles. The van der Waals surface area contributed by atoms with Gasteiger partial charge in [0.25, 0.3) is 5.91 Å². The number of hydrogen-bond donors (Lipinski definition) is 1. The van der Waals surface area contributed by atoms with Gasteiger partial charge in [-0.1, -0.05) is 61.4 Å². The molecule has 0 aliphatic heterocycles. The minimum Gasteiger partial charge on any atom is -0.350 e. The van der Waals surface area contributed by atoms with Crippen LogP contribution >= 0.6 is 0 Å². The molecular formula is C22H23N3O. The Morgan fingerprint density at radius 3 is 2.31 bits per heavy atom. The summed E-state index contributed by atoms with van der Waals surface area (Å²) in [4.78, 5) is 12.6. The second-order valence-corrected chi connectivity index (χ2v) is 7.02. The van der Waals surface area contributed by atoms with Crippen molar-refractivity contribution in [1.29, 1.82) is 0 Å². The lowest BCUT2D eigenvalue weighted by atomic mass is 9.79. The molecule has 3 aromatic rings. The van der Waals surface area contributed by atoms with Gasteiger partial charge in [0.1, 0.15) is 0 Å². The van der Waals surface area contributed by atoms with Crippen LogP contribution < -0.4 is 5.32 Å². The maximum atomic E-state index is 12.6. The van der Waals surface area contributed by atoms with Crippen molar-refractivity contribution >= 4 is 5.91 Å². The maximum absolute atomic E-state index is 12.6. The van der Waals surface area contributed by atoms with E-state index in [-0.39, 0.29) is 11.3 Å². The molecule has 0 radical (unpaired) electrons. The van der Waals surface area contributed by atoms with Crippen LogP contribution in [-0.4, -0.2) is 22.2 Å². The van der Waals surface area contributed by atoms with E-state index >= 15 is 0 Å². The van der Waals surface area contributed by atoms with Crippen molar-refractivity contribution in [1.82, 2.24) is 15.1 Å². The van der Waals surface area contributed by atoms with Crippen LogP contribution in [0.15, 0.2) is 72.9 Å². The number of rotatable bonds is 5. The lowest BCUT2D eigenvalue weighted by Gasteiger charge is -2.29. The first kappa shape index (κ1) is 16.6. The lowest BCUT2D eigenvalue weighted by molar-refractivity contribution is 0.0937. The fourth-order valence-corrected chi connectivity index (χ4v) is 3.92. The Kier molecular flexibility index (Phi) is 4.57. The third-order valence-electron chi connectivity index (χ3n) is 5.38. The Labute approximate surface area is 153 Å². The van der Waals surface area contributed by atoms with Gasteiger partial charge in [0, 0.05) is 18.2 Å². The van der Waals surface area contributed by atoms with Gasteiger partial charge in [-0.2, -0.15) is 5.10 Å². The number of aromatic nitrogens is 2. The van der Waals surface area contributed by atoms with Gasteiger partial charge in [0.15, 0.2) is 5.69 Å². The molecule has 2 aromatic carbocycles. The molecule has 1 saturated carbocycles. The number of amides is 1. The van der Waals surface area contributed by atoms with Crippen LogP contribution in [-0.2, 0) is 5.41 Å². The minimum absolute atomic E-state index is 0.0545. The molecule has 1 heterocycles. The van der Waals surface area contributed by atoms with Crippen LogP contribution in [0.5, 0.6) is 0 Å². The summed E-state index contributed by atoms with van der Waals surface area (Å²) in [7, 11) is 0. The summed E-state index contributed by atoms with van der Waals surface area (Å²) in [5.41, 5.74) is 2.78. The fourth-order valence-electron chi connectivity index (χ4n) is 3.92. The molecule has 4 rings (SSSR count). The summed E-state index contributed by atoms with van der Waals surface area (Å²) in [5.74, 6) is -0.109. The van der Waals surface area contributed by atoms with E-state index < -0.39 is 0 Å². The smallest absolute Gasteiger partial charge is 0.271 e. The number of benzene rings is 2. The SMILES string of the molecule is O=C(NCC1(c2ccccc2)CCCC1)c1ccn(-c2ccccc2)n1. The second-order valence-electron chi connectivity index (χ2n) is 7.02. The average Bonchev–Trinajstić information content (AvgIpc) is 3.38. The summed E-state index contributed by atoms with van der Waals surface area (Å²) in [5, 5.41) is 7.56. The minimum atomic E-state index is -0.109. The largest absolute Gasteiger partial charge is 0.350 e. The maximum Gasteiger partial charge on any atom is 0.271 e. The zero-order valence-corrected chi connectivity index (χ0v) is 14.8. The van der Waals surface area contributed by atoms with E-state index in [1.165, 1.54) is 18.4 Å². The van der Waals surface area contributed by atoms with Gasteiger partial charge in [0.2, 0.25) is 0 Å². The van der Waals surface area contributed by atoms with E-state index in [9.17, 15) is 4.79 Å². The standard InChI is InChI=1S/C22H23N3O/c26-21(20-13-16-25(24-20)19-11-5-2-6-12-19)23-17-22(14-7-8-15-22)18-9-3-1-4-10-18/h1-6,9-13,16H,7-8,14-15,17H2,(H,23,26). The van der Waals surface area contributed by atoms with Gasteiger partial charge < -0.3 is 5.32 Å². The Hall–Kier alpha value is -2.88. The first-order valence-corrected chi connectivity index (χ1v) is 9.22. The molecule has 1 N–H and O–H groups in total. The van der Waals surface area contributed by atoms with Crippen LogP contribution in [0.2, 0.25) is 0 Å². The van der Waals surface area contributed by atoms with E-state index in [4.69, 9.17) is 0 Å². The highest BCUT2D eigenvalue weighted by atomic mass is 16.1. The van der Waals surface area contributed by atoms with Crippen molar-refractivity contribution in [2.45, 2.75) is 31.1 Å². The molecule has 0 spiro atoms. The van der Waals surface area contributed by atoms with Crippen LogP contribution in [0, 0.1) is 0 Å². The van der Waals surface area contributed by atoms with Gasteiger partial charge in [-0.3, -0.25) is 4.79 Å². The number of nitrogens with one attached hydrogen (secondary N) is 1. The zero-order valence-electron chi connectivity index (χ0n) is 14.8. The fraction of sp³-hybridized carbons (Fsp3) is 0.273. The van der Waals surface area contributed by atoms with Gasteiger partial charge in [-0.05, 0) is 36.6 Å². The summed E-state index contributed by atoms with van der Waals surface area (Å²) in [6.07, 6.45) is 6.50. The molecule has 0 unspecified atom stereocenters. The number of carbonyl (C=O) groups is 1. The third kappa shape index (κ3) is 3.27. The molecule has 26 heavy (non-hydrogen) atoms. The topological polar surface area (TPSA) is 46.9 Å². The molecule has 4 heteroatoms. The first-order chi connectivity index (χ1) is 12.8. The first-order valence-electron chi connectivity index (χ1n) is 9.22. The Bertz CT molecular complexity index is 865. The summed E-state index contributed by atoms with van der Waals surface area (Å²) in [6, 6.07) is 22.2. The van der Waals surface area contributed by atoms with E-state index in [0.29, 0.717) is 12.2 Å². The van der Waals surface area contributed by atoms with Crippen molar-refractivity contribution in [3.05, 3.63) is 84.2 Å². The van der Waals surface area contributed by atoms with Gasteiger partial charge in [0.05, 0.1) is 5.69 Å². The number of para-hydroxylation sites is 1. The summed E-state index contributed by atoms with van der Waals surface area (Å²) >= 11 is 0. The molecule has 1 amide bonds. The number of nitrogens with zero attached hydrogens (tertiary/aromatic N) is 2. The average molecular weight is 345 g/mol. The molecule has 1 fully saturated rings. The van der Waals surface area contributed by atoms with Gasteiger partial charge in [-0.25, -0.2) is 4.68 Å². The van der Waals surface area contributed by atoms with Crippen molar-refractivity contribution in [2.75, 3.05) is 6.54 Å². The summed E-state index contributed by atoms with van der Waals surface area (Å²) < 4.78 is 1.73. The highest BCUT2D eigenvalue weighted by Crippen LogP contribution is 2.40. The Balaban J connectivity index is 1.47. The molecular weight excluding hydrogens is 322 g/mol. The normalized spacial score (nSPS) is 15.7. The Morgan fingerprint density at radius 1 is 0.962 bits per heavy atom. The quantitative estimate of drug-likeness (QED) is 0.756. The highest BCUT2D eigenvalue weighted by Gasteiger charge is 2.35. The van der Waals surface area contributed by atoms with Crippen molar-refractivity contribution < 1.29 is 4.79 Å². The monoisotopic (exact) mass is 345 g/mol. The van der Waals surface area contributed by atoms with Gasteiger partial charge >= 0.3 is 0 Å². The van der Waals surface area contributed by atoms with Crippen molar-refractivity contribution in [2.24, 2.45) is 0 Å². The molecule has 0 atom stereocenters. The van der Waals surface area contributed by atoms with E-state index in [2.05, 4.69) is 34.7 Å². The van der Waals surface area contributed by atoms with E-state index in [1.807, 2.05) is 42.6 Å². The molecule has 4 nitrogen and oxygen atoms in total.